The van der Waals surface area contributed by atoms with Crippen LogP contribution in [0.1, 0.15) is 31.0 Å². The van der Waals surface area contributed by atoms with Crippen LogP contribution in [0.2, 0.25) is 10.0 Å². The van der Waals surface area contributed by atoms with Crippen LogP contribution in [0.25, 0.3) is 11.4 Å². The maximum atomic E-state index is 14.5. The van der Waals surface area contributed by atoms with Crippen LogP contribution in [0.5, 0.6) is 0 Å². The molecule has 1 aromatic heterocycles. The number of rotatable bonds is 9. The quantitative estimate of drug-likeness (QED) is 0.264. The molecule has 1 heterocycles. The number of aromatic nitrogens is 3. The minimum absolute atomic E-state index is 0.160. The summed E-state index contributed by atoms with van der Waals surface area (Å²) in [4.78, 5) is 52.2. The van der Waals surface area contributed by atoms with Gasteiger partial charge in [-0.25, -0.2) is 13.9 Å². The van der Waals surface area contributed by atoms with Crippen molar-refractivity contribution in [3.63, 3.8) is 0 Å². The Labute approximate surface area is 250 Å². The van der Waals surface area contributed by atoms with Gasteiger partial charge in [-0.1, -0.05) is 59.6 Å². The Morgan fingerprint density at radius 2 is 1.64 bits per heavy atom. The molecule has 1 atom stereocenters. The van der Waals surface area contributed by atoms with E-state index in [9.17, 15) is 23.6 Å². The maximum absolute atomic E-state index is 14.5. The van der Waals surface area contributed by atoms with Crippen molar-refractivity contribution >= 4 is 40.9 Å². The molecule has 0 saturated heterocycles. The zero-order chi connectivity index (χ0) is 30.6. The molecular formula is C29H27Cl2FN6O4. The van der Waals surface area contributed by atoms with Gasteiger partial charge >= 0.3 is 5.69 Å². The second-order valence-corrected chi connectivity index (χ2v) is 10.9. The van der Waals surface area contributed by atoms with Crippen molar-refractivity contribution in [2.45, 2.75) is 38.5 Å². The molecule has 42 heavy (non-hydrogen) atoms. The average molecular weight is 613 g/mol. The van der Waals surface area contributed by atoms with Gasteiger partial charge in [-0.2, -0.15) is 0 Å². The predicted molar refractivity (Wildman–Crippen MR) is 156 cm³/mol. The number of nitrogens with two attached hydrogens (primary N) is 1. The molecule has 0 bridgehead atoms. The van der Waals surface area contributed by atoms with E-state index in [2.05, 4.69) is 15.7 Å². The molecule has 218 valence electrons. The summed E-state index contributed by atoms with van der Waals surface area (Å²) in [6.07, 6.45) is 0. The van der Waals surface area contributed by atoms with Gasteiger partial charge in [0.15, 0.2) is 5.82 Å². The Kier molecular flexibility index (Phi) is 9.25. The fourth-order valence-corrected chi connectivity index (χ4v) is 4.35. The summed E-state index contributed by atoms with van der Waals surface area (Å²) in [5.74, 6) is -2.77. The predicted octanol–water partition coefficient (Wildman–Crippen LogP) is 3.44. The second-order valence-electron chi connectivity index (χ2n) is 10.0. The molecule has 0 radical (unpaired) electrons. The van der Waals surface area contributed by atoms with E-state index < -0.39 is 47.4 Å². The van der Waals surface area contributed by atoms with Crippen LogP contribution in [-0.2, 0) is 27.5 Å². The van der Waals surface area contributed by atoms with Crippen LogP contribution in [-0.4, -0.2) is 37.6 Å². The summed E-state index contributed by atoms with van der Waals surface area (Å²) < 4.78 is 16.6. The van der Waals surface area contributed by atoms with Crippen LogP contribution < -0.4 is 22.1 Å². The van der Waals surface area contributed by atoms with E-state index in [1.165, 1.54) is 48.7 Å². The molecular weight excluding hydrogens is 586 g/mol. The van der Waals surface area contributed by atoms with E-state index in [-0.39, 0.29) is 28.5 Å². The van der Waals surface area contributed by atoms with Crippen molar-refractivity contribution in [2.24, 2.45) is 5.73 Å². The van der Waals surface area contributed by atoms with Gasteiger partial charge in [0.2, 0.25) is 11.8 Å². The Morgan fingerprint density at radius 1 is 1.00 bits per heavy atom. The molecule has 0 aliphatic carbocycles. The molecule has 13 heteroatoms. The Balaban J connectivity index is 1.67. The first-order valence-corrected chi connectivity index (χ1v) is 13.5. The second kappa shape index (κ2) is 12.7. The highest BCUT2D eigenvalue weighted by Gasteiger charge is 2.31. The van der Waals surface area contributed by atoms with Crippen LogP contribution >= 0.6 is 23.2 Å². The molecule has 1 unspecified atom stereocenters. The lowest BCUT2D eigenvalue weighted by Gasteiger charge is -2.22. The van der Waals surface area contributed by atoms with E-state index in [0.29, 0.717) is 10.6 Å². The van der Waals surface area contributed by atoms with Crippen molar-refractivity contribution in [3.05, 3.63) is 110 Å². The fraction of sp³-hybridized carbons (Fsp3) is 0.207. The number of carbonyl (C=O) groups is 3. The number of amides is 3. The first kappa shape index (κ1) is 30.6. The highest BCUT2D eigenvalue weighted by atomic mass is 35.5. The number of hydrogen-bond donors (Lipinski definition) is 3. The van der Waals surface area contributed by atoms with E-state index in [1.807, 2.05) is 0 Å². The topological polar surface area (TPSA) is 141 Å². The lowest BCUT2D eigenvalue weighted by molar-refractivity contribution is -0.136. The third kappa shape index (κ3) is 7.11. The number of imide groups is 1. The number of halogens is 3. The van der Waals surface area contributed by atoms with Gasteiger partial charge < -0.3 is 11.1 Å². The standard InChI is InChI=1S/C29H27Cl2FN6O4/c1-29(2,33)27(41)35-26(40)24(20-8-4-5-9-21(20)31)34-23(39)16-38-28(42)37(15-18-7-3-6-10-22(18)32)25(36-38)17-11-13-19(30)14-12-17/h3-14,24H,15-16,33H2,1-2H3,(H,34,39)(H,35,40,41). The maximum Gasteiger partial charge on any atom is 0.347 e. The van der Waals surface area contributed by atoms with Gasteiger partial charge in [-0.15, -0.1) is 5.10 Å². The van der Waals surface area contributed by atoms with E-state index in [1.54, 1.807) is 42.5 Å². The van der Waals surface area contributed by atoms with E-state index in [0.717, 1.165) is 4.68 Å². The van der Waals surface area contributed by atoms with Gasteiger partial charge in [0.25, 0.3) is 5.91 Å². The number of nitrogens with zero attached hydrogens (tertiary/aromatic N) is 3. The Bertz CT molecular complexity index is 1700. The summed E-state index contributed by atoms with van der Waals surface area (Å²) in [5.41, 5.74) is 4.68. The molecule has 0 aliphatic heterocycles. The lowest BCUT2D eigenvalue weighted by Crippen LogP contribution is -2.53. The van der Waals surface area contributed by atoms with Gasteiger partial charge in [-0.3, -0.25) is 24.3 Å². The molecule has 10 nitrogen and oxygen atoms in total. The van der Waals surface area contributed by atoms with Crippen molar-refractivity contribution in [1.82, 2.24) is 25.0 Å². The van der Waals surface area contributed by atoms with E-state index in [4.69, 9.17) is 28.9 Å². The van der Waals surface area contributed by atoms with Crippen molar-refractivity contribution < 1.29 is 18.8 Å². The summed E-state index contributed by atoms with van der Waals surface area (Å²) in [5, 5.41) is 9.68. The van der Waals surface area contributed by atoms with Crippen LogP contribution in [0.4, 0.5) is 4.39 Å². The summed E-state index contributed by atoms with van der Waals surface area (Å²) >= 11 is 12.3. The third-order valence-corrected chi connectivity index (χ3v) is 6.81. The monoisotopic (exact) mass is 612 g/mol. The number of nitrogens with one attached hydrogen (secondary N) is 2. The van der Waals surface area contributed by atoms with Crippen molar-refractivity contribution in [1.29, 1.82) is 0 Å². The normalized spacial score (nSPS) is 12.0. The molecule has 4 rings (SSSR count). The number of hydrogen-bond acceptors (Lipinski definition) is 6. The Morgan fingerprint density at radius 3 is 2.29 bits per heavy atom. The minimum atomic E-state index is -1.40. The summed E-state index contributed by atoms with van der Waals surface area (Å²) in [7, 11) is 0. The SMILES string of the molecule is CC(C)(N)C(=O)NC(=O)C(NC(=O)Cn1nc(-c2ccc(Cl)cc2)n(Cc2ccccc2F)c1=O)c1ccccc1Cl. The van der Waals surface area contributed by atoms with Crippen LogP contribution in [0, 0.1) is 5.82 Å². The third-order valence-electron chi connectivity index (χ3n) is 6.21. The summed E-state index contributed by atoms with van der Waals surface area (Å²) in [6.45, 7) is 2.07. The van der Waals surface area contributed by atoms with Crippen molar-refractivity contribution in [2.75, 3.05) is 0 Å². The smallest absolute Gasteiger partial charge is 0.339 e. The largest absolute Gasteiger partial charge is 0.347 e. The Hall–Kier alpha value is -4.32. The molecule has 3 amide bonds. The minimum Gasteiger partial charge on any atom is -0.339 e. The molecule has 0 saturated carbocycles. The number of benzene rings is 3. The first-order valence-electron chi connectivity index (χ1n) is 12.7. The highest BCUT2D eigenvalue weighted by molar-refractivity contribution is 6.31. The van der Waals surface area contributed by atoms with Gasteiger partial charge in [0.05, 0.1) is 12.1 Å². The van der Waals surface area contributed by atoms with Gasteiger partial charge in [0, 0.05) is 26.7 Å². The van der Waals surface area contributed by atoms with Gasteiger partial charge in [-0.05, 0) is 50.2 Å². The van der Waals surface area contributed by atoms with Crippen LogP contribution in [0.3, 0.4) is 0 Å². The molecule has 0 spiro atoms. The lowest BCUT2D eigenvalue weighted by atomic mass is 10.0. The molecule has 0 fully saturated rings. The van der Waals surface area contributed by atoms with E-state index >= 15 is 0 Å². The van der Waals surface area contributed by atoms with Gasteiger partial charge in [0.1, 0.15) is 18.4 Å². The zero-order valence-corrected chi connectivity index (χ0v) is 24.1. The molecule has 4 N–H and O–H groups in total. The molecule has 4 aromatic rings. The zero-order valence-electron chi connectivity index (χ0n) is 22.6. The molecule has 0 aliphatic rings. The first-order chi connectivity index (χ1) is 19.8. The molecule has 3 aromatic carbocycles. The fourth-order valence-electron chi connectivity index (χ4n) is 3.98. The van der Waals surface area contributed by atoms with Crippen molar-refractivity contribution in [3.8, 4) is 11.4 Å². The number of carbonyl (C=O) groups excluding carboxylic acids is 3. The summed E-state index contributed by atoms with van der Waals surface area (Å²) in [6, 6.07) is 17.4. The van der Waals surface area contributed by atoms with Crippen LogP contribution in [0.15, 0.2) is 77.6 Å². The highest BCUT2D eigenvalue weighted by Crippen LogP contribution is 2.24. The average Bonchev–Trinajstić information content (AvgIpc) is 3.23.